The van der Waals surface area contributed by atoms with Crippen molar-refractivity contribution in [2.45, 2.75) is 24.2 Å². The number of esters is 4. The topological polar surface area (TPSA) is 267 Å². The molecule has 0 N–H and O–H groups in total. The van der Waals surface area contributed by atoms with Crippen LogP contribution < -0.4 is 0 Å². The number of rotatable bonds is 4. The first-order valence-electron chi connectivity index (χ1n) is 10.8. The number of hydrogen-bond donors (Lipinski definition) is 0. The minimum atomic E-state index is -0.752. The zero-order valence-electron chi connectivity index (χ0n) is 22.1. The summed E-state index contributed by atoms with van der Waals surface area (Å²) in [6, 6.07) is -3.01. The molecule has 20 nitrogen and oxygen atoms in total. The van der Waals surface area contributed by atoms with E-state index in [0.29, 0.717) is 0 Å². The van der Waals surface area contributed by atoms with Crippen molar-refractivity contribution in [2.75, 3.05) is 54.9 Å². The Bertz CT molecular complexity index is 832. The van der Waals surface area contributed by atoms with Crippen molar-refractivity contribution in [3.05, 3.63) is 21.3 Å². The summed E-state index contributed by atoms with van der Waals surface area (Å²) in [5.41, 5.74) is 0. The van der Waals surface area contributed by atoms with Crippen LogP contribution in [0.15, 0.2) is 0 Å². The molecule has 2 radical (unpaired) electrons. The minimum absolute atomic E-state index is 0. The van der Waals surface area contributed by atoms with Gasteiger partial charge in [-0.05, 0) is 0 Å². The summed E-state index contributed by atoms with van der Waals surface area (Å²) < 4.78 is 34.8. The molecule has 0 spiro atoms. The maximum absolute atomic E-state index is 10.6. The standard InChI is InChI=1S/4C5H7NO4.2Rh/c4*1-9-4(7)3-2-10-5(8)6-3;;/h4*3H,2H2,1H3,(H,6,8);;/q;;;;2*+2/p-4. The summed E-state index contributed by atoms with van der Waals surface area (Å²) in [7, 11) is 4.95. The zero-order valence-corrected chi connectivity index (χ0v) is 25.4. The molecule has 4 unspecified atom stereocenters. The predicted molar refractivity (Wildman–Crippen MR) is 122 cm³/mol. The van der Waals surface area contributed by atoms with Crippen LogP contribution in [-0.2, 0) is 96.0 Å². The molecule has 0 aromatic heterocycles. The molecule has 0 aliphatic carbocycles. The Hall–Kier alpha value is -3.79. The molecule has 4 amide bonds. The van der Waals surface area contributed by atoms with E-state index in [1.54, 1.807) is 0 Å². The minimum Gasteiger partial charge on any atom is -0.603 e. The number of nitrogens with zero attached hydrogens (tertiary/aromatic N) is 4. The molecule has 238 valence electrons. The molecule has 0 aromatic rings. The number of cyclic esters (lactones) is 4. The molecule has 4 atom stereocenters. The fourth-order valence-corrected chi connectivity index (χ4v) is 2.44. The normalized spacial score (nSPS) is 22.2. The molecule has 0 bridgehead atoms. The second-order valence-electron chi connectivity index (χ2n) is 6.98. The van der Waals surface area contributed by atoms with Crippen LogP contribution in [-0.4, -0.2) is 127 Å². The zero-order chi connectivity index (χ0) is 30.2. The van der Waals surface area contributed by atoms with Crippen LogP contribution >= 0.6 is 0 Å². The smallest absolute Gasteiger partial charge is 0.603 e. The Morgan fingerprint density at radius 2 is 0.643 bits per heavy atom. The molecule has 4 aliphatic heterocycles. The molecule has 0 saturated carbocycles. The number of methoxy groups -OCH3 is 4. The van der Waals surface area contributed by atoms with Crippen LogP contribution in [0.4, 0.5) is 19.2 Å². The van der Waals surface area contributed by atoms with Gasteiger partial charge in [0.1, 0.15) is 0 Å². The van der Waals surface area contributed by atoms with Gasteiger partial charge in [-0.3, -0.25) is 38.4 Å². The maximum atomic E-state index is 10.6. The van der Waals surface area contributed by atoms with E-state index < -0.39 is 72.4 Å². The molecule has 0 aromatic carbocycles. The predicted octanol–water partition coefficient (Wildman–Crippen LogP) is 0.203. The van der Waals surface area contributed by atoms with Crippen LogP contribution in [0.25, 0.3) is 21.3 Å². The van der Waals surface area contributed by atoms with Gasteiger partial charge in [0.05, 0.1) is 54.9 Å². The molecule has 4 fully saturated rings. The van der Waals surface area contributed by atoms with Crippen molar-refractivity contribution in [1.82, 2.24) is 0 Å². The third-order valence-corrected chi connectivity index (χ3v) is 4.40. The van der Waals surface area contributed by atoms with E-state index in [0.717, 1.165) is 0 Å². The molecule has 4 saturated heterocycles. The first-order chi connectivity index (χ1) is 18.9. The van der Waals surface area contributed by atoms with Crippen LogP contribution in [0.5, 0.6) is 0 Å². The third-order valence-electron chi connectivity index (χ3n) is 4.40. The van der Waals surface area contributed by atoms with Crippen molar-refractivity contribution in [2.24, 2.45) is 0 Å². The van der Waals surface area contributed by atoms with Gasteiger partial charge in [0.2, 0.25) is 24.4 Å². The van der Waals surface area contributed by atoms with Gasteiger partial charge in [-0.25, -0.2) is 0 Å². The van der Waals surface area contributed by atoms with Gasteiger partial charge in [0.25, 0.3) is 23.9 Å². The maximum Gasteiger partial charge on any atom is 2.00 e. The largest absolute Gasteiger partial charge is 2.00 e. The molecule has 4 heterocycles. The van der Waals surface area contributed by atoms with Gasteiger partial charge >= 0.3 is 39.0 Å². The average molecular weight is 782 g/mol. The monoisotopic (exact) mass is 782 g/mol. The van der Waals surface area contributed by atoms with Crippen LogP contribution in [0.1, 0.15) is 0 Å². The fraction of sp³-hybridized carbons (Fsp3) is 0.600. The molecular weight excluding hydrogens is 758 g/mol. The van der Waals surface area contributed by atoms with Gasteiger partial charge in [-0.1, -0.05) is 0 Å². The number of carbonyl (C=O) groups excluding carboxylic acids is 8. The fourth-order valence-electron chi connectivity index (χ4n) is 2.44. The van der Waals surface area contributed by atoms with Gasteiger partial charge in [-0.15, -0.1) is 0 Å². The Labute approximate surface area is 263 Å². The summed E-state index contributed by atoms with van der Waals surface area (Å²) in [5.74, 6) is -2.14. The van der Waals surface area contributed by atoms with Crippen molar-refractivity contribution >= 4 is 48.3 Å². The Balaban J connectivity index is 0. The van der Waals surface area contributed by atoms with Gasteiger partial charge in [-0.2, -0.15) is 0 Å². The van der Waals surface area contributed by atoms with Crippen molar-refractivity contribution in [1.29, 1.82) is 0 Å². The van der Waals surface area contributed by atoms with Crippen LogP contribution in [0.2, 0.25) is 0 Å². The second-order valence-corrected chi connectivity index (χ2v) is 6.98. The number of carbonyl (C=O) groups is 8. The second kappa shape index (κ2) is 21.0. The average Bonchev–Trinajstić information content (AvgIpc) is 3.77. The van der Waals surface area contributed by atoms with Crippen molar-refractivity contribution in [3.8, 4) is 0 Å². The first kappa shape index (κ1) is 40.3. The van der Waals surface area contributed by atoms with Gasteiger partial charge in [0.15, 0.2) is 0 Å². The van der Waals surface area contributed by atoms with Crippen molar-refractivity contribution in [3.63, 3.8) is 0 Å². The molecule has 4 aliphatic rings. The van der Waals surface area contributed by atoms with E-state index >= 15 is 0 Å². The Morgan fingerprint density at radius 3 is 0.738 bits per heavy atom. The van der Waals surface area contributed by atoms with Crippen LogP contribution in [0, 0.1) is 0 Å². The molecular formula is C20H24N4O16Rh2. The summed E-state index contributed by atoms with van der Waals surface area (Å²) in [4.78, 5) is 83.6. The molecule has 22 heteroatoms. The third kappa shape index (κ3) is 14.2. The van der Waals surface area contributed by atoms with E-state index in [1.165, 1.54) is 28.4 Å². The van der Waals surface area contributed by atoms with E-state index in [1.807, 2.05) is 0 Å². The van der Waals surface area contributed by atoms with Crippen molar-refractivity contribution < 1.29 is 115 Å². The molecule has 4 rings (SSSR count). The number of hydrogen-bond acceptors (Lipinski definition) is 16. The molecule has 42 heavy (non-hydrogen) atoms. The van der Waals surface area contributed by atoms with Gasteiger partial charge in [0, 0.05) is 24.2 Å². The van der Waals surface area contributed by atoms with E-state index in [2.05, 4.69) is 59.2 Å². The SMILES string of the molecule is COC(=O)C1COC(=O)[N-]1.COC(=O)C1COC(=O)[N-]1.COC(=O)C1COC(=O)[N-]1.COC(=O)C1COC(=O)[N-]1.[Rh+2].[Rh+2]. The van der Waals surface area contributed by atoms with E-state index in [9.17, 15) is 38.4 Å². The first-order valence-corrected chi connectivity index (χ1v) is 10.8. The Morgan fingerprint density at radius 1 is 0.476 bits per heavy atom. The van der Waals surface area contributed by atoms with E-state index in [4.69, 9.17) is 0 Å². The number of ether oxygens (including phenoxy) is 8. The summed E-state index contributed by atoms with van der Waals surface area (Å²) in [5, 5.41) is 13.3. The van der Waals surface area contributed by atoms with Gasteiger partial charge < -0.3 is 59.2 Å². The quantitative estimate of drug-likeness (QED) is 0.209. The van der Waals surface area contributed by atoms with Crippen LogP contribution in [0.3, 0.4) is 0 Å². The Kier molecular flexibility index (Phi) is 20.2. The summed E-state index contributed by atoms with van der Waals surface area (Å²) >= 11 is 0. The van der Waals surface area contributed by atoms with E-state index in [-0.39, 0.29) is 65.4 Å². The summed E-state index contributed by atoms with van der Waals surface area (Å²) in [6.07, 6.45) is -2.79. The summed E-state index contributed by atoms with van der Waals surface area (Å²) in [6.45, 7) is 0.0219. The number of amides is 4.